The summed E-state index contributed by atoms with van der Waals surface area (Å²) in [5.41, 5.74) is 2.60. The van der Waals surface area contributed by atoms with Crippen LogP contribution in [0.4, 0.5) is 5.69 Å². The van der Waals surface area contributed by atoms with Crippen molar-refractivity contribution >= 4 is 17.0 Å². The second-order valence-corrected chi connectivity index (χ2v) is 6.44. The van der Waals surface area contributed by atoms with Crippen LogP contribution in [0.15, 0.2) is 36.0 Å². The lowest BCUT2D eigenvalue weighted by atomic mass is 10.2. The van der Waals surface area contributed by atoms with Gasteiger partial charge in [0.25, 0.3) is 0 Å². The van der Waals surface area contributed by atoms with Crippen LogP contribution >= 0.6 is 11.3 Å². The highest BCUT2D eigenvalue weighted by molar-refractivity contribution is 7.09. The van der Waals surface area contributed by atoms with Gasteiger partial charge in [0.15, 0.2) is 0 Å². The molecule has 1 N–H and O–H groups in total. The Labute approximate surface area is 124 Å². The Morgan fingerprint density at radius 3 is 3.05 bits per heavy atom. The molecule has 0 radical (unpaired) electrons. The van der Waals surface area contributed by atoms with Gasteiger partial charge in [0.1, 0.15) is 0 Å². The van der Waals surface area contributed by atoms with E-state index in [0.717, 1.165) is 25.6 Å². The Kier molecular flexibility index (Phi) is 4.33. The molecule has 2 aromatic heterocycles. The number of hydrogen-bond acceptors (Lipinski definition) is 4. The van der Waals surface area contributed by atoms with E-state index in [4.69, 9.17) is 0 Å². The molecule has 3 nitrogen and oxygen atoms in total. The summed E-state index contributed by atoms with van der Waals surface area (Å²) in [5.74, 6) is 0. The van der Waals surface area contributed by atoms with Crippen LogP contribution in [0.3, 0.4) is 0 Å². The molecule has 0 atom stereocenters. The third-order valence-electron chi connectivity index (χ3n) is 3.72. The van der Waals surface area contributed by atoms with Gasteiger partial charge in [0.2, 0.25) is 0 Å². The zero-order valence-electron chi connectivity index (χ0n) is 11.9. The van der Waals surface area contributed by atoms with Crippen molar-refractivity contribution in [1.82, 2.24) is 10.3 Å². The predicted octanol–water partition coefficient (Wildman–Crippen LogP) is 3.07. The normalized spacial score (nSPS) is 14.4. The highest BCUT2D eigenvalue weighted by Gasteiger charge is 2.20. The summed E-state index contributed by atoms with van der Waals surface area (Å²) in [6, 6.07) is 7.19. The van der Waals surface area contributed by atoms with E-state index in [2.05, 4.69) is 45.8 Å². The van der Waals surface area contributed by atoms with Crippen LogP contribution < -0.4 is 10.2 Å². The average molecular weight is 287 g/mol. The lowest BCUT2D eigenvalue weighted by Crippen LogP contribution is -2.24. The van der Waals surface area contributed by atoms with Crippen LogP contribution in [0.2, 0.25) is 0 Å². The van der Waals surface area contributed by atoms with Gasteiger partial charge in [-0.15, -0.1) is 11.3 Å². The van der Waals surface area contributed by atoms with Gasteiger partial charge in [-0.05, 0) is 36.8 Å². The summed E-state index contributed by atoms with van der Waals surface area (Å²) < 4.78 is 0. The molecule has 1 fully saturated rings. The first kappa shape index (κ1) is 13.6. The highest BCUT2D eigenvalue weighted by atomic mass is 32.1. The van der Waals surface area contributed by atoms with Crippen molar-refractivity contribution in [2.24, 2.45) is 0 Å². The molecule has 0 aromatic carbocycles. The maximum absolute atomic E-state index is 4.27. The van der Waals surface area contributed by atoms with Crippen LogP contribution in [0.1, 0.15) is 23.3 Å². The molecule has 0 spiro atoms. The van der Waals surface area contributed by atoms with Crippen LogP contribution in [0.5, 0.6) is 0 Å². The number of anilines is 1. The minimum Gasteiger partial charge on any atom is -0.374 e. The lowest BCUT2D eigenvalue weighted by Gasteiger charge is -2.22. The molecule has 1 aliphatic rings. The fourth-order valence-corrected chi connectivity index (χ4v) is 3.02. The molecule has 1 saturated carbocycles. The molecular weight excluding hydrogens is 266 g/mol. The van der Waals surface area contributed by atoms with E-state index in [1.165, 1.54) is 29.0 Å². The number of likely N-dealkylation sites (N-methyl/N-ethyl adjacent to an activating group) is 1. The maximum Gasteiger partial charge on any atom is 0.0440 e. The van der Waals surface area contributed by atoms with Crippen LogP contribution in [0.25, 0.3) is 0 Å². The van der Waals surface area contributed by atoms with Crippen molar-refractivity contribution in [2.75, 3.05) is 18.5 Å². The summed E-state index contributed by atoms with van der Waals surface area (Å²) in [6.07, 6.45) is 7.63. The van der Waals surface area contributed by atoms with Gasteiger partial charge in [-0.25, -0.2) is 0 Å². The van der Waals surface area contributed by atoms with Gasteiger partial charge in [0.05, 0.1) is 0 Å². The third-order valence-corrected chi connectivity index (χ3v) is 4.66. The molecular formula is C16H21N3S. The zero-order valence-corrected chi connectivity index (χ0v) is 12.7. The molecule has 2 aromatic rings. The number of nitrogens with zero attached hydrogens (tertiary/aromatic N) is 2. The van der Waals surface area contributed by atoms with E-state index < -0.39 is 0 Å². The molecule has 2 heterocycles. The molecule has 106 valence electrons. The predicted molar refractivity (Wildman–Crippen MR) is 85.4 cm³/mol. The van der Waals surface area contributed by atoms with Crippen LogP contribution in [-0.2, 0) is 13.0 Å². The smallest absolute Gasteiger partial charge is 0.0440 e. The second-order valence-electron chi connectivity index (χ2n) is 5.41. The first-order chi connectivity index (χ1) is 9.83. The van der Waals surface area contributed by atoms with Crippen molar-refractivity contribution in [3.05, 3.63) is 46.4 Å². The quantitative estimate of drug-likeness (QED) is 0.848. The van der Waals surface area contributed by atoms with Gasteiger partial charge in [-0.3, -0.25) is 4.98 Å². The molecule has 0 bridgehead atoms. The lowest BCUT2D eigenvalue weighted by molar-refractivity contribution is 0.683. The standard InChI is InChI=1S/C16H21N3S/c1-19(9-7-15-3-2-10-20-15)16-6-8-17-11-13(16)12-18-14-4-5-14/h2-3,6,8,10-11,14,18H,4-5,7,9,12H2,1H3. The van der Waals surface area contributed by atoms with Gasteiger partial charge in [-0.2, -0.15) is 0 Å². The molecule has 4 heteroatoms. The molecule has 1 aliphatic carbocycles. The van der Waals surface area contributed by atoms with E-state index >= 15 is 0 Å². The van der Waals surface area contributed by atoms with Crippen molar-refractivity contribution in [1.29, 1.82) is 0 Å². The van der Waals surface area contributed by atoms with E-state index in [1.54, 1.807) is 0 Å². The van der Waals surface area contributed by atoms with E-state index in [-0.39, 0.29) is 0 Å². The minimum absolute atomic E-state index is 0.736. The number of nitrogens with one attached hydrogen (secondary N) is 1. The first-order valence-corrected chi connectivity index (χ1v) is 8.10. The topological polar surface area (TPSA) is 28.2 Å². The number of aromatic nitrogens is 1. The Morgan fingerprint density at radius 2 is 2.30 bits per heavy atom. The number of hydrogen-bond donors (Lipinski definition) is 1. The third kappa shape index (κ3) is 3.58. The summed E-state index contributed by atoms with van der Waals surface area (Å²) >= 11 is 1.84. The number of thiophene rings is 1. The molecule has 20 heavy (non-hydrogen) atoms. The fraction of sp³-hybridized carbons (Fsp3) is 0.438. The van der Waals surface area contributed by atoms with Crippen molar-refractivity contribution in [3.8, 4) is 0 Å². The van der Waals surface area contributed by atoms with Crippen molar-refractivity contribution < 1.29 is 0 Å². The van der Waals surface area contributed by atoms with Gasteiger partial charge < -0.3 is 10.2 Å². The second kappa shape index (κ2) is 6.37. The van der Waals surface area contributed by atoms with Gasteiger partial charge in [0, 0.05) is 54.7 Å². The summed E-state index contributed by atoms with van der Waals surface area (Å²) in [6.45, 7) is 1.97. The fourth-order valence-electron chi connectivity index (χ4n) is 2.32. The largest absolute Gasteiger partial charge is 0.374 e. The maximum atomic E-state index is 4.27. The first-order valence-electron chi connectivity index (χ1n) is 7.23. The molecule has 0 saturated heterocycles. The van der Waals surface area contributed by atoms with E-state index in [9.17, 15) is 0 Å². The van der Waals surface area contributed by atoms with Crippen LogP contribution in [-0.4, -0.2) is 24.6 Å². The molecule has 0 amide bonds. The monoisotopic (exact) mass is 287 g/mol. The average Bonchev–Trinajstić information content (AvgIpc) is 3.17. The zero-order chi connectivity index (χ0) is 13.8. The van der Waals surface area contributed by atoms with Gasteiger partial charge >= 0.3 is 0 Å². The van der Waals surface area contributed by atoms with Crippen molar-refractivity contribution in [2.45, 2.75) is 31.8 Å². The Morgan fingerprint density at radius 1 is 1.40 bits per heavy atom. The number of rotatable bonds is 7. The van der Waals surface area contributed by atoms with E-state index in [1.807, 2.05) is 23.7 Å². The Bertz CT molecular complexity index is 534. The van der Waals surface area contributed by atoms with E-state index in [0.29, 0.717) is 0 Å². The summed E-state index contributed by atoms with van der Waals surface area (Å²) in [4.78, 5) is 8.06. The molecule has 0 aliphatic heterocycles. The molecule has 0 unspecified atom stereocenters. The summed E-state index contributed by atoms with van der Waals surface area (Å²) in [7, 11) is 2.17. The van der Waals surface area contributed by atoms with Crippen LogP contribution in [0, 0.1) is 0 Å². The molecule has 3 rings (SSSR count). The number of pyridine rings is 1. The minimum atomic E-state index is 0.736. The summed E-state index contributed by atoms with van der Waals surface area (Å²) in [5, 5.41) is 5.72. The highest BCUT2D eigenvalue weighted by Crippen LogP contribution is 2.23. The Hall–Kier alpha value is -1.39. The Balaban J connectivity index is 1.61. The van der Waals surface area contributed by atoms with Gasteiger partial charge in [-0.1, -0.05) is 6.07 Å². The SMILES string of the molecule is CN(CCc1cccs1)c1ccncc1CNC1CC1. The van der Waals surface area contributed by atoms with Crippen molar-refractivity contribution in [3.63, 3.8) is 0 Å².